The third kappa shape index (κ3) is 1.81. The fourth-order valence-corrected chi connectivity index (χ4v) is 2.39. The number of amides is 1. The number of aliphatic carboxylic acids is 1. The Labute approximate surface area is 96.6 Å². The largest absolute Gasteiger partial charge is 0.480 e. The zero-order valence-electron chi connectivity index (χ0n) is 8.34. The second kappa shape index (κ2) is 4.02. The molecule has 0 saturated carbocycles. The summed E-state index contributed by atoms with van der Waals surface area (Å²) in [6, 6.07) is 7.19. The first-order valence-corrected chi connectivity index (χ1v) is 5.40. The van der Waals surface area contributed by atoms with E-state index in [-0.39, 0.29) is 12.5 Å². The Morgan fingerprint density at radius 1 is 1.44 bits per heavy atom. The Bertz CT molecular complexity index is 484. The maximum absolute atomic E-state index is 11.8. The third-order valence-electron chi connectivity index (χ3n) is 2.17. The molecule has 1 aromatic rings. The van der Waals surface area contributed by atoms with Gasteiger partial charge < -0.3 is 5.11 Å². The van der Waals surface area contributed by atoms with Gasteiger partial charge in [-0.3, -0.25) is 14.5 Å². The summed E-state index contributed by atoms with van der Waals surface area (Å²) in [5.41, 5.74) is 0.632. The van der Waals surface area contributed by atoms with Crippen molar-refractivity contribution in [2.24, 2.45) is 0 Å². The highest BCUT2D eigenvalue weighted by molar-refractivity contribution is 8.04. The summed E-state index contributed by atoms with van der Waals surface area (Å²) in [6.45, 7) is 3.29. The lowest BCUT2D eigenvalue weighted by molar-refractivity contribution is -0.136. The van der Waals surface area contributed by atoms with Gasteiger partial charge in [-0.05, 0) is 12.1 Å². The average Bonchev–Trinajstić information content (AvgIpc) is 2.24. The lowest BCUT2D eigenvalue weighted by atomic mass is 10.2. The van der Waals surface area contributed by atoms with Gasteiger partial charge in [-0.1, -0.05) is 30.5 Å². The molecule has 1 aliphatic heterocycles. The number of carbonyl (C=O) groups is 2. The average molecular weight is 235 g/mol. The zero-order valence-corrected chi connectivity index (χ0v) is 9.16. The van der Waals surface area contributed by atoms with Crippen LogP contribution in [0.3, 0.4) is 0 Å². The quantitative estimate of drug-likeness (QED) is 0.793. The number of anilines is 1. The molecule has 1 aromatic carbocycles. The van der Waals surface area contributed by atoms with Crippen LogP contribution in [0.5, 0.6) is 0 Å². The zero-order chi connectivity index (χ0) is 11.7. The minimum absolute atomic E-state index is 0.338. The van der Waals surface area contributed by atoms with Gasteiger partial charge in [0.25, 0.3) is 5.91 Å². The summed E-state index contributed by atoms with van der Waals surface area (Å²) in [4.78, 5) is 24.9. The Kier molecular flexibility index (Phi) is 2.70. The number of rotatable bonds is 2. The molecule has 4 nitrogen and oxygen atoms in total. The van der Waals surface area contributed by atoms with Crippen LogP contribution in [0.1, 0.15) is 0 Å². The second-order valence-electron chi connectivity index (χ2n) is 3.28. The summed E-state index contributed by atoms with van der Waals surface area (Å²) in [7, 11) is 0. The maximum Gasteiger partial charge on any atom is 0.323 e. The van der Waals surface area contributed by atoms with E-state index in [1.165, 1.54) is 16.7 Å². The van der Waals surface area contributed by atoms with E-state index in [0.29, 0.717) is 10.6 Å². The molecule has 0 radical (unpaired) electrons. The molecule has 0 saturated heterocycles. The number of hydrogen-bond donors (Lipinski definition) is 1. The van der Waals surface area contributed by atoms with Crippen molar-refractivity contribution < 1.29 is 14.7 Å². The Morgan fingerprint density at radius 3 is 2.81 bits per heavy atom. The van der Waals surface area contributed by atoms with E-state index in [1.54, 1.807) is 12.1 Å². The van der Waals surface area contributed by atoms with Gasteiger partial charge in [0.2, 0.25) is 0 Å². The van der Waals surface area contributed by atoms with Crippen LogP contribution in [0.25, 0.3) is 0 Å². The van der Waals surface area contributed by atoms with E-state index in [2.05, 4.69) is 6.58 Å². The summed E-state index contributed by atoms with van der Waals surface area (Å²) >= 11 is 1.27. The van der Waals surface area contributed by atoms with Gasteiger partial charge >= 0.3 is 5.97 Å². The van der Waals surface area contributed by atoms with E-state index in [4.69, 9.17) is 5.11 Å². The van der Waals surface area contributed by atoms with Gasteiger partial charge in [-0.15, -0.1) is 0 Å². The third-order valence-corrected chi connectivity index (χ3v) is 3.15. The van der Waals surface area contributed by atoms with Gasteiger partial charge in [0.1, 0.15) is 6.54 Å². The van der Waals surface area contributed by atoms with Crippen LogP contribution in [-0.2, 0) is 9.59 Å². The van der Waals surface area contributed by atoms with Crippen molar-refractivity contribution in [2.45, 2.75) is 4.90 Å². The smallest absolute Gasteiger partial charge is 0.323 e. The minimum atomic E-state index is -1.04. The normalized spacial score (nSPS) is 14.9. The first kappa shape index (κ1) is 10.8. The second-order valence-corrected chi connectivity index (χ2v) is 4.41. The molecular formula is C11H9NO3S. The van der Waals surface area contributed by atoms with E-state index in [0.717, 1.165) is 4.90 Å². The topological polar surface area (TPSA) is 57.6 Å². The molecule has 2 rings (SSSR count). The Morgan fingerprint density at radius 2 is 2.12 bits per heavy atom. The monoisotopic (exact) mass is 235 g/mol. The van der Waals surface area contributed by atoms with Crippen molar-refractivity contribution in [2.75, 3.05) is 11.4 Å². The molecule has 1 heterocycles. The van der Waals surface area contributed by atoms with Crippen LogP contribution >= 0.6 is 11.8 Å². The number of fused-ring (bicyclic) bond motifs is 1. The molecule has 0 aliphatic carbocycles. The van der Waals surface area contributed by atoms with E-state index in [9.17, 15) is 9.59 Å². The molecule has 1 aliphatic rings. The molecule has 16 heavy (non-hydrogen) atoms. The highest BCUT2D eigenvalue weighted by Gasteiger charge is 2.28. The summed E-state index contributed by atoms with van der Waals surface area (Å²) in [6.07, 6.45) is 0. The number of benzene rings is 1. The molecule has 1 N–H and O–H groups in total. The number of nitrogens with zero attached hydrogens (tertiary/aromatic N) is 1. The van der Waals surface area contributed by atoms with Gasteiger partial charge in [-0.2, -0.15) is 0 Å². The molecule has 0 fully saturated rings. The number of carboxylic acid groups (broad SMARTS) is 1. The molecule has 0 aromatic heterocycles. The molecule has 0 unspecified atom stereocenters. The lowest BCUT2D eigenvalue weighted by Gasteiger charge is -2.28. The molecular weight excluding hydrogens is 226 g/mol. The van der Waals surface area contributed by atoms with Crippen molar-refractivity contribution in [3.8, 4) is 0 Å². The number of thioether (sulfide) groups is 1. The molecule has 0 spiro atoms. The maximum atomic E-state index is 11.8. The van der Waals surface area contributed by atoms with Gasteiger partial charge in [-0.25, -0.2) is 0 Å². The van der Waals surface area contributed by atoms with Crippen molar-refractivity contribution in [3.05, 3.63) is 35.7 Å². The number of carboxylic acids is 1. The fourth-order valence-electron chi connectivity index (χ4n) is 1.50. The van der Waals surface area contributed by atoms with Gasteiger partial charge in [0.05, 0.1) is 10.6 Å². The van der Waals surface area contributed by atoms with Crippen LogP contribution in [0.4, 0.5) is 5.69 Å². The molecule has 82 valence electrons. The number of hydrogen-bond acceptors (Lipinski definition) is 3. The standard InChI is InChI=1S/C11H9NO3S/c1-7-11(15)12(6-10(13)14)8-4-2-3-5-9(8)16-7/h2-5H,1,6H2,(H,13,14). The highest BCUT2D eigenvalue weighted by Crippen LogP contribution is 2.40. The SMILES string of the molecule is C=C1Sc2ccccc2N(CC(=O)O)C1=O. The summed E-state index contributed by atoms with van der Waals surface area (Å²) in [5, 5.41) is 8.76. The molecule has 5 heteroatoms. The fraction of sp³-hybridized carbons (Fsp3) is 0.0909. The van der Waals surface area contributed by atoms with Crippen LogP contribution in [0.2, 0.25) is 0 Å². The van der Waals surface area contributed by atoms with E-state index in [1.807, 2.05) is 12.1 Å². The lowest BCUT2D eigenvalue weighted by Crippen LogP contribution is -2.38. The Balaban J connectivity index is 2.45. The van der Waals surface area contributed by atoms with Crippen molar-refractivity contribution in [1.82, 2.24) is 0 Å². The number of para-hydroxylation sites is 1. The van der Waals surface area contributed by atoms with Crippen LogP contribution in [0, 0.1) is 0 Å². The van der Waals surface area contributed by atoms with Crippen LogP contribution in [-0.4, -0.2) is 23.5 Å². The number of carbonyl (C=O) groups excluding carboxylic acids is 1. The molecule has 0 bridgehead atoms. The predicted molar refractivity (Wildman–Crippen MR) is 61.4 cm³/mol. The van der Waals surface area contributed by atoms with Crippen molar-refractivity contribution in [3.63, 3.8) is 0 Å². The van der Waals surface area contributed by atoms with E-state index < -0.39 is 5.97 Å². The van der Waals surface area contributed by atoms with Crippen molar-refractivity contribution in [1.29, 1.82) is 0 Å². The Hall–Kier alpha value is -1.75. The summed E-state index contributed by atoms with van der Waals surface area (Å²) < 4.78 is 0. The first-order valence-electron chi connectivity index (χ1n) is 4.59. The predicted octanol–water partition coefficient (Wildman–Crippen LogP) is 1.72. The van der Waals surface area contributed by atoms with Gasteiger partial charge in [0, 0.05) is 4.90 Å². The molecule has 1 amide bonds. The van der Waals surface area contributed by atoms with Crippen molar-refractivity contribution >= 4 is 29.3 Å². The highest BCUT2D eigenvalue weighted by atomic mass is 32.2. The van der Waals surface area contributed by atoms with Crippen LogP contribution in [0.15, 0.2) is 40.6 Å². The van der Waals surface area contributed by atoms with Gasteiger partial charge in [0.15, 0.2) is 0 Å². The van der Waals surface area contributed by atoms with Crippen LogP contribution < -0.4 is 4.90 Å². The molecule has 0 atom stereocenters. The summed E-state index contributed by atoms with van der Waals surface area (Å²) in [5.74, 6) is -1.38. The minimum Gasteiger partial charge on any atom is -0.480 e. The van der Waals surface area contributed by atoms with E-state index >= 15 is 0 Å². The first-order chi connectivity index (χ1) is 7.59.